The van der Waals surface area contributed by atoms with Gasteiger partial charge in [-0.15, -0.1) is 0 Å². The zero-order valence-corrected chi connectivity index (χ0v) is 32.3. The molecule has 54 heavy (non-hydrogen) atoms. The predicted octanol–water partition coefficient (Wildman–Crippen LogP) is 5.91. The zero-order chi connectivity index (χ0) is 38.1. The van der Waals surface area contributed by atoms with Crippen molar-refractivity contribution in [1.82, 2.24) is 9.80 Å². The Kier molecular flexibility index (Phi) is 16.3. The molecule has 1 fully saturated rings. The van der Waals surface area contributed by atoms with Gasteiger partial charge in [-0.3, -0.25) is 4.79 Å². The van der Waals surface area contributed by atoms with E-state index in [2.05, 4.69) is 11.0 Å². The summed E-state index contributed by atoms with van der Waals surface area (Å²) < 4.78 is 41.5. The molecule has 2 aliphatic rings. The summed E-state index contributed by atoms with van der Waals surface area (Å²) in [5, 5.41) is 0. The molecule has 12 heteroatoms. The number of hydrogen-bond donors (Lipinski definition) is 0. The minimum Gasteiger partial charge on any atom is -0.494 e. The molecule has 294 valence electrons. The molecule has 1 saturated heterocycles. The molecule has 0 bridgehead atoms. The zero-order valence-electron chi connectivity index (χ0n) is 32.3. The van der Waals surface area contributed by atoms with E-state index in [0.717, 1.165) is 59.8 Å². The largest absolute Gasteiger partial charge is 0.494 e. The van der Waals surface area contributed by atoms with Gasteiger partial charge in [-0.25, -0.2) is 4.79 Å². The van der Waals surface area contributed by atoms with Gasteiger partial charge < -0.3 is 47.9 Å². The van der Waals surface area contributed by atoms with Crippen LogP contribution in [0.15, 0.2) is 72.8 Å². The van der Waals surface area contributed by atoms with E-state index in [4.69, 9.17) is 33.2 Å². The molecule has 2 heterocycles. The van der Waals surface area contributed by atoms with Crippen LogP contribution >= 0.6 is 0 Å². The summed E-state index contributed by atoms with van der Waals surface area (Å²) in [5.74, 6) is 1.18. The molecule has 0 spiro atoms. The molecule has 0 radical (unpaired) electrons. The number of likely N-dealkylation sites (N-methyl/N-ethyl adjacent to an activating group) is 1. The van der Waals surface area contributed by atoms with E-state index in [9.17, 15) is 9.59 Å². The van der Waals surface area contributed by atoms with Crippen LogP contribution in [0.2, 0.25) is 0 Å². The third-order valence-corrected chi connectivity index (χ3v) is 9.85. The van der Waals surface area contributed by atoms with Crippen molar-refractivity contribution in [2.45, 2.75) is 58.0 Å². The second-order valence-electron chi connectivity index (χ2n) is 13.5. The van der Waals surface area contributed by atoms with Crippen molar-refractivity contribution < 1.29 is 42.7 Å². The van der Waals surface area contributed by atoms with Crippen molar-refractivity contribution in [3.63, 3.8) is 0 Å². The first-order valence-electron chi connectivity index (χ1n) is 19.1. The normalized spacial score (nSPS) is 18.1. The number of ether oxygens (including phenoxy) is 7. The molecule has 2 aliphatic heterocycles. The third-order valence-electron chi connectivity index (χ3n) is 9.85. The molecule has 0 unspecified atom stereocenters. The SMILES string of the molecule is CCN(CC)C(=O)CO[C@@H]1CN(C(=O)OCc2ccccc2)C[C@H](OCc2ccc3c(c2)N(CCCOC)CCO3)[C@H]1c1ccc(OCCCOC)cc1. The van der Waals surface area contributed by atoms with E-state index in [0.29, 0.717) is 46.1 Å². The lowest BCUT2D eigenvalue weighted by Crippen LogP contribution is -2.55. The molecule has 3 atom stereocenters. The number of anilines is 1. The van der Waals surface area contributed by atoms with Gasteiger partial charge in [-0.2, -0.15) is 0 Å². The summed E-state index contributed by atoms with van der Waals surface area (Å²) in [5.41, 5.74) is 3.86. The first-order chi connectivity index (χ1) is 26.4. The number of nitrogens with zero attached hydrogens (tertiary/aromatic N) is 3. The molecule has 5 rings (SSSR count). The number of piperidine rings is 1. The van der Waals surface area contributed by atoms with Gasteiger partial charge in [-0.1, -0.05) is 48.5 Å². The number of amides is 2. The van der Waals surface area contributed by atoms with E-state index in [1.54, 1.807) is 24.0 Å². The maximum atomic E-state index is 13.7. The first kappa shape index (κ1) is 40.8. The first-order valence-corrected chi connectivity index (χ1v) is 19.1. The topological polar surface area (TPSA) is 108 Å². The summed E-state index contributed by atoms with van der Waals surface area (Å²) in [4.78, 5) is 32.6. The summed E-state index contributed by atoms with van der Waals surface area (Å²) >= 11 is 0. The van der Waals surface area contributed by atoms with Crippen LogP contribution in [0, 0.1) is 0 Å². The van der Waals surface area contributed by atoms with Crippen LogP contribution in [0.25, 0.3) is 0 Å². The van der Waals surface area contributed by atoms with Gasteiger partial charge in [0.15, 0.2) is 0 Å². The van der Waals surface area contributed by atoms with Crippen molar-refractivity contribution in [1.29, 1.82) is 0 Å². The van der Waals surface area contributed by atoms with Crippen LogP contribution in [0.5, 0.6) is 11.5 Å². The van der Waals surface area contributed by atoms with Crippen LogP contribution in [-0.2, 0) is 41.7 Å². The Bertz CT molecular complexity index is 1570. The third kappa shape index (κ3) is 11.6. The molecule has 3 aromatic carbocycles. The summed E-state index contributed by atoms with van der Waals surface area (Å²) in [7, 11) is 3.39. The van der Waals surface area contributed by atoms with Crippen LogP contribution < -0.4 is 14.4 Å². The van der Waals surface area contributed by atoms with E-state index >= 15 is 0 Å². The Morgan fingerprint density at radius 3 is 2.26 bits per heavy atom. The summed E-state index contributed by atoms with van der Waals surface area (Å²) in [6.45, 7) is 10.0. The fourth-order valence-corrected chi connectivity index (χ4v) is 6.95. The Balaban J connectivity index is 1.41. The molecule has 0 aliphatic carbocycles. The highest BCUT2D eigenvalue weighted by molar-refractivity contribution is 5.77. The van der Waals surface area contributed by atoms with Gasteiger partial charge in [0.05, 0.1) is 50.7 Å². The molecule has 3 aromatic rings. The average Bonchev–Trinajstić information content (AvgIpc) is 3.21. The van der Waals surface area contributed by atoms with Crippen LogP contribution in [0.1, 0.15) is 49.3 Å². The van der Waals surface area contributed by atoms with Crippen LogP contribution in [0.4, 0.5) is 10.5 Å². The second kappa shape index (κ2) is 21.5. The molecular weight excluding hydrogens is 690 g/mol. The van der Waals surface area contributed by atoms with Gasteiger partial charge >= 0.3 is 6.09 Å². The van der Waals surface area contributed by atoms with Gasteiger partial charge in [-0.05, 0) is 61.2 Å². The van der Waals surface area contributed by atoms with E-state index in [-0.39, 0.29) is 38.1 Å². The molecule has 12 nitrogen and oxygen atoms in total. The van der Waals surface area contributed by atoms with Gasteiger partial charge in [0, 0.05) is 59.4 Å². The Morgan fingerprint density at radius 1 is 0.815 bits per heavy atom. The smallest absolute Gasteiger partial charge is 0.410 e. The Hall–Kier alpha value is -4.36. The number of methoxy groups -OCH3 is 2. The minimum atomic E-state index is -0.561. The van der Waals surface area contributed by atoms with Crippen molar-refractivity contribution >= 4 is 17.7 Å². The highest BCUT2D eigenvalue weighted by Gasteiger charge is 2.42. The maximum Gasteiger partial charge on any atom is 0.410 e. The number of rotatable bonds is 20. The molecule has 0 N–H and O–H groups in total. The second-order valence-corrected chi connectivity index (χ2v) is 13.5. The van der Waals surface area contributed by atoms with Crippen LogP contribution in [-0.4, -0.2) is 121 Å². The monoisotopic (exact) mass is 747 g/mol. The van der Waals surface area contributed by atoms with Crippen molar-refractivity contribution in [2.24, 2.45) is 0 Å². The molecular formula is C42H57N3O9. The number of likely N-dealkylation sites (tertiary alicyclic amines) is 1. The van der Waals surface area contributed by atoms with Gasteiger partial charge in [0.2, 0.25) is 5.91 Å². The lowest BCUT2D eigenvalue weighted by atomic mass is 9.84. The number of fused-ring (bicyclic) bond motifs is 1. The predicted molar refractivity (Wildman–Crippen MR) is 206 cm³/mol. The fourth-order valence-electron chi connectivity index (χ4n) is 6.95. The average molecular weight is 748 g/mol. The Morgan fingerprint density at radius 2 is 1.54 bits per heavy atom. The lowest BCUT2D eigenvalue weighted by Gasteiger charge is -2.43. The standard InChI is InChI=1S/C42H57N3O9/c1-5-43(6-2)40(46)31-53-39-28-45(42(47)54-29-32-12-8-7-9-13-32)27-38(41(39)34-15-17-35(18-16-34)50-24-11-23-49-4)52-30-33-14-19-37-36(26-33)44(21-25-51-37)20-10-22-48-3/h7-9,12-19,26,38-39,41H,5-6,10-11,20-25,27-31H2,1-4H3/t38-,39+,41+/m0/s1. The minimum absolute atomic E-state index is 0.105. The summed E-state index contributed by atoms with van der Waals surface area (Å²) in [6.07, 6.45) is 0.172. The highest BCUT2D eigenvalue weighted by atomic mass is 16.6. The molecule has 0 saturated carbocycles. The van der Waals surface area contributed by atoms with Crippen molar-refractivity contribution in [3.05, 3.63) is 89.5 Å². The quantitative estimate of drug-likeness (QED) is 0.130. The van der Waals surface area contributed by atoms with E-state index in [1.807, 2.05) is 80.6 Å². The van der Waals surface area contributed by atoms with Crippen LogP contribution in [0.3, 0.4) is 0 Å². The van der Waals surface area contributed by atoms with Gasteiger partial charge in [0.1, 0.15) is 31.3 Å². The Labute approximate surface area is 320 Å². The summed E-state index contributed by atoms with van der Waals surface area (Å²) in [6, 6.07) is 23.7. The van der Waals surface area contributed by atoms with E-state index in [1.165, 1.54) is 0 Å². The number of carbonyl (C=O) groups is 2. The fraction of sp³-hybridized carbons (Fsp3) is 0.524. The number of hydrogen-bond acceptors (Lipinski definition) is 10. The van der Waals surface area contributed by atoms with Gasteiger partial charge in [0.25, 0.3) is 0 Å². The lowest BCUT2D eigenvalue weighted by molar-refractivity contribution is -0.143. The number of carbonyl (C=O) groups excluding carboxylic acids is 2. The molecule has 2 amide bonds. The maximum absolute atomic E-state index is 13.7. The van der Waals surface area contributed by atoms with E-state index < -0.39 is 18.3 Å². The number of benzene rings is 3. The molecule has 0 aromatic heterocycles. The highest BCUT2D eigenvalue weighted by Crippen LogP contribution is 2.36. The van der Waals surface area contributed by atoms with Crippen molar-refractivity contribution in [2.75, 3.05) is 91.4 Å². The van der Waals surface area contributed by atoms with Crippen molar-refractivity contribution in [3.8, 4) is 11.5 Å².